The van der Waals surface area contributed by atoms with Crippen LogP contribution in [0.25, 0.3) is 0 Å². The minimum absolute atomic E-state index is 0.176. The van der Waals surface area contributed by atoms with Crippen LogP contribution in [0, 0.1) is 5.92 Å². The zero-order valence-electron chi connectivity index (χ0n) is 8.66. The lowest BCUT2D eigenvalue weighted by Gasteiger charge is -2.27. The van der Waals surface area contributed by atoms with Crippen LogP contribution in [0.15, 0.2) is 0 Å². The fraction of sp³-hybridized carbons (Fsp3) is 0.889. The predicted octanol–water partition coefficient (Wildman–Crippen LogP) is 0.376. The van der Waals surface area contributed by atoms with Gasteiger partial charge in [-0.15, -0.1) is 0 Å². The molecule has 1 atom stereocenters. The van der Waals surface area contributed by atoms with Crippen molar-refractivity contribution in [2.75, 3.05) is 19.6 Å². The van der Waals surface area contributed by atoms with Crippen LogP contribution in [0.2, 0.25) is 0 Å². The zero-order valence-corrected chi connectivity index (χ0v) is 8.66. The van der Waals surface area contributed by atoms with Crippen molar-refractivity contribution in [1.82, 2.24) is 4.90 Å². The molecule has 0 heterocycles. The molecule has 4 heteroatoms. The van der Waals surface area contributed by atoms with Gasteiger partial charge in [0.05, 0.1) is 0 Å². The third-order valence-electron chi connectivity index (χ3n) is 1.95. The minimum Gasteiger partial charge on any atom is -0.480 e. The molecular weight excluding hydrogens is 168 g/mol. The first-order chi connectivity index (χ1) is 6.02. The summed E-state index contributed by atoms with van der Waals surface area (Å²) in [5.74, 6) is -0.363. The summed E-state index contributed by atoms with van der Waals surface area (Å²) in [6.07, 6.45) is 0. The molecular formula is C9H20N2O2. The lowest BCUT2D eigenvalue weighted by atomic mass is 10.1. The lowest BCUT2D eigenvalue weighted by molar-refractivity contribution is -0.143. The highest BCUT2D eigenvalue weighted by Crippen LogP contribution is 2.03. The van der Waals surface area contributed by atoms with Crippen molar-refractivity contribution < 1.29 is 9.90 Å². The van der Waals surface area contributed by atoms with Crippen molar-refractivity contribution in [2.45, 2.75) is 26.8 Å². The maximum absolute atomic E-state index is 10.8. The number of nitrogens with zero attached hydrogens (tertiary/aromatic N) is 1. The summed E-state index contributed by atoms with van der Waals surface area (Å²) in [7, 11) is 0. The normalized spacial score (nSPS) is 13.7. The van der Waals surface area contributed by atoms with Gasteiger partial charge in [0.1, 0.15) is 6.04 Å². The number of hydrogen-bond acceptors (Lipinski definition) is 3. The summed E-state index contributed by atoms with van der Waals surface area (Å²) in [4.78, 5) is 12.7. The van der Waals surface area contributed by atoms with E-state index in [4.69, 9.17) is 10.8 Å². The quantitative estimate of drug-likeness (QED) is 0.632. The molecule has 0 spiro atoms. The van der Waals surface area contributed by atoms with Gasteiger partial charge in [-0.25, -0.2) is 0 Å². The lowest BCUT2D eigenvalue weighted by Crippen LogP contribution is -2.47. The molecule has 13 heavy (non-hydrogen) atoms. The van der Waals surface area contributed by atoms with Crippen LogP contribution in [0.3, 0.4) is 0 Å². The smallest absolute Gasteiger partial charge is 0.322 e. The summed E-state index contributed by atoms with van der Waals surface area (Å²) in [6.45, 7) is 7.77. The van der Waals surface area contributed by atoms with Gasteiger partial charge in [0, 0.05) is 13.1 Å². The largest absolute Gasteiger partial charge is 0.480 e. The molecule has 1 unspecified atom stereocenters. The van der Waals surface area contributed by atoms with Gasteiger partial charge in [-0.3, -0.25) is 9.69 Å². The van der Waals surface area contributed by atoms with Gasteiger partial charge in [-0.1, -0.05) is 20.8 Å². The molecule has 0 saturated carbocycles. The monoisotopic (exact) mass is 188 g/mol. The van der Waals surface area contributed by atoms with Gasteiger partial charge in [0.25, 0.3) is 0 Å². The molecule has 0 aliphatic rings. The van der Waals surface area contributed by atoms with Gasteiger partial charge in [-0.05, 0) is 12.5 Å². The Kier molecular flexibility index (Phi) is 5.66. The highest BCUT2D eigenvalue weighted by Gasteiger charge is 2.22. The molecule has 0 fully saturated rings. The fourth-order valence-corrected chi connectivity index (χ4v) is 1.35. The first kappa shape index (κ1) is 12.4. The zero-order chi connectivity index (χ0) is 10.4. The van der Waals surface area contributed by atoms with E-state index in [0.29, 0.717) is 5.92 Å². The van der Waals surface area contributed by atoms with E-state index in [1.54, 1.807) is 0 Å². The van der Waals surface area contributed by atoms with Crippen molar-refractivity contribution in [3.05, 3.63) is 0 Å². The third kappa shape index (κ3) is 4.24. The first-order valence-electron chi connectivity index (χ1n) is 4.69. The van der Waals surface area contributed by atoms with Crippen LogP contribution in [0.4, 0.5) is 0 Å². The van der Waals surface area contributed by atoms with Crippen molar-refractivity contribution in [3.8, 4) is 0 Å². The number of carboxylic acids is 1. The van der Waals surface area contributed by atoms with Crippen molar-refractivity contribution in [1.29, 1.82) is 0 Å². The van der Waals surface area contributed by atoms with Crippen molar-refractivity contribution in [3.63, 3.8) is 0 Å². The second-order valence-electron chi connectivity index (χ2n) is 3.57. The van der Waals surface area contributed by atoms with E-state index < -0.39 is 12.0 Å². The molecule has 3 N–H and O–H groups in total. The van der Waals surface area contributed by atoms with Gasteiger partial charge in [0.15, 0.2) is 0 Å². The number of rotatable bonds is 6. The average molecular weight is 188 g/mol. The number of nitrogens with two attached hydrogens (primary N) is 1. The first-order valence-corrected chi connectivity index (χ1v) is 4.69. The number of carbonyl (C=O) groups is 1. The van der Waals surface area contributed by atoms with E-state index in [9.17, 15) is 4.79 Å². The van der Waals surface area contributed by atoms with Crippen LogP contribution < -0.4 is 5.73 Å². The van der Waals surface area contributed by atoms with Crippen LogP contribution in [-0.2, 0) is 4.79 Å². The second-order valence-corrected chi connectivity index (χ2v) is 3.57. The molecule has 0 aliphatic carbocycles. The number of aliphatic carboxylic acids is 1. The van der Waals surface area contributed by atoms with Gasteiger partial charge < -0.3 is 10.8 Å². The Labute approximate surface area is 79.7 Å². The fourth-order valence-electron chi connectivity index (χ4n) is 1.35. The van der Waals surface area contributed by atoms with Crippen LogP contribution in [-0.4, -0.2) is 41.7 Å². The molecule has 0 radical (unpaired) electrons. The Morgan fingerprint density at radius 1 is 1.54 bits per heavy atom. The van der Waals surface area contributed by atoms with Gasteiger partial charge in [0.2, 0.25) is 0 Å². The van der Waals surface area contributed by atoms with E-state index in [0.717, 1.165) is 13.1 Å². The Balaban J connectivity index is 4.25. The molecule has 4 nitrogen and oxygen atoms in total. The Bertz CT molecular complexity index is 160. The topological polar surface area (TPSA) is 66.6 Å². The molecule has 0 aromatic rings. The summed E-state index contributed by atoms with van der Waals surface area (Å²) < 4.78 is 0. The van der Waals surface area contributed by atoms with Crippen LogP contribution >= 0.6 is 0 Å². The van der Waals surface area contributed by atoms with Crippen molar-refractivity contribution >= 4 is 5.97 Å². The Morgan fingerprint density at radius 3 is 2.31 bits per heavy atom. The predicted molar refractivity (Wildman–Crippen MR) is 52.6 cm³/mol. The summed E-state index contributed by atoms with van der Waals surface area (Å²) >= 11 is 0. The molecule has 0 aromatic carbocycles. The van der Waals surface area contributed by atoms with E-state index in [-0.39, 0.29) is 6.54 Å². The molecule has 0 bridgehead atoms. The summed E-state index contributed by atoms with van der Waals surface area (Å²) in [5, 5.41) is 8.87. The number of likely N-dealkylation sites (N-methyl/N-ethyl adjacent to an activating group) is 1. The molecule has 0 aliphatic heterocycles. The molecule has 0 saturated heterocycles. The maximum Gasteiger partial charge on any atom is 0.322 e. The van der Waals surface area contributed by atoms with Gasteiger partial charge in [-0.2, -0.15) is 0 Å². The van der Waals surface area contributed by atoms with Gasteiger partial charge >= 0.3 is 5.97 Å². The van der Waals surface area contributed by atoms with E-state index in [1.807, 2.05) is 11.8 Å². The Morgan fingerprint density at radius 2 is 2.08 bits per heavy atom. The minimum atomic E-state index is -0.829. The highest BCUT2D eigenvalue weighted by atomic mass is 16.4. The third-order valence-corrected chi connectivity index (χ3v) is 1.95. The highest BCUT2D eigenvalue weighted by molar-refractivity contribution is 5.73. The molecule has 78 valence electrons. The molecule has 0 aromatic heterocycles. The number of hydrogen-bond donors (Lipinski definition) is 2. The van der Waals surface area contributed by atoms with Crippen LogP contribution in [0.5, 0.6) is 0 Å². The second kappa shape index (κ2) is 5.94. The summed E-state index contributed by atoms with van der Waals surface area (Å²) in [5.41, 5.74) is 5.40. The van der Waals surface area contributed by atoms with E-state index in [2.05, 4.69) is 13.8 Å². The number of carboxylic acid groups (broad SMARTS) is 1. The standard InChI is InChI=1S/C9H20N2O2/c1-4-11(6-7(2)3)8(5-10)9(12)13/h7-8H,4-6,10H2,1-3H3,(H,12,13). The van der Waals surface area contributed by atoms with Crippen LogP contribution in [0.1, 0.15) is 20.8 Å². The average Bonchev–Trinajstić information content (AvgIpc) is 2.02. The maximum atomic E-state index is 10.8. The molecule has 0 amide bonds. The van der Waals surface area contributed by atoms with E-state index in [1.165, 1.54) is 0 Å². The SMILES string of the molecule is CCN(CC(C)C)C(CN)C(=O)O. The van der Waals surface area contributed by atoms with E-state index >= 15 is 0 Å². The van der Waals surface area contributed by atoms with Crippen molar-refractivity contribution in [2.24, 2.45) is 11.7 Å². The molecule has 0 rings (SSSR count). The Hall–Kier alpha value is -0.610. The summed E-state index contributed by atoms with van der Waals surface area (Å²) in [6, 6.07) is -0.535.